The third kappa shape index (κ3) is 2.82. The lowest BCUT2D eigenvalue weighted by molar-refractivity contribution is 0.525. The molecular formula is C11H12ClFN4. The van der Waals surface area contributed by atoms with Gasteiger partial charge >= 0.3 is 0 Å². The first-order valence-corrected chi connectivity index (χ1v) is 5.48. The Balaban J connectivity index is 2.21. The van der Waals surface area contributed by atoms with Crippen molar-refractivity contribution in [1.29, 1.82) is 0 Å². The summed E-state index contributed by atoms with van der Waals surface area (Å²) in [5.41, 5.74) is 3.31. The van der Waals surface area contributed by atoms with Gasteiger partial charge in [-0.3, -0.25) is 5.84 Å². The average Bonchev–Trinajstić information content (AvgIpc) is 2.84. The van der Waals surface area contributed by atoms with Crippen LogP contribution >= 0.6 is 11.6 Å². The Labute approximate surface area is 103 Å². The molecule has 0 fully saturated rings. The Bertz CT molecular complexity index is 486. The van der Waals surface area contributed by atoms with Crippen molar-refractivity contribution in [2.45, 2.75) is 12.5 Å². The fourth-order valence-corrected chi connectivity index (χ4v) is 1.82. The number of imidazole rings is 1. The summed E-state index contributed by atoms with van der Waals surface area (Å²) in [4.78, 5) is 7.05. The minimum Gasteiger partial charge on any atom is -0.347 e. The molecule has 1 heterocycles. The highest BCUT2D eigenvalue weighted by molar-refractivity contribution is 6.31. The molecule has 90 valence electrons. The summed E-state index contributed by atoms with van der Waals surface area (Å²) in [5.74, 6) is 5.82. The first kappa shape index (κ1) is 12.0. The highest BCUT2D eigenvalue weighted by Crippen LogP contribution is 2.22. The smallest absolute Gasteiger partial charge is 0.124 e. The molecule has 0 saturated carbocycles. The van der Waals surface area contributed by atoms with E-state index in [2.05, 4.69) is 15.4 Å². The number of nitrogens with two attached hydrogens (primary N) is 1. The quantitative estimate of drug-likeness (QED) is 0.577. The summed E-state index contributed by atoms with van der Waals surface area (Å²) in [7, 11) is 0. The lowest BCUT2D eigenvalue weighted by atomic mass is 10.1. The molecule has 0 radical (unpaired) electrons. The maximum Gasteiger partial charge on any atom is 0.124 e. The third-order valence-corrected chi connectivity index (χ3v) is 2.85. The van der Waals surface area contributed by atoms with Crippen LogP contribution in [0.15, 0.2) is 30.6 Å². The van der Waals surface area contributed by atoms with Gasteiger partial charge in [-0.15, -0.1) is 0 Å². The molecule has 1 atom stereocenters. The second-order valence-corrected chi connectivity index (χ2v) is 4.04. The van der Waals surface area contributed by atoms with Crippen LogP contribution < -0.4 is 11.3 Å². The molecule has 1 aromatic heterocycles. The van der Waals surface area contributed by atoms with E-state index in [1.165, 1.54) is 18.2 Å². The minimum atomic E-state index is -0.320. The van der Waals surface area contributed by atoms with E-state index < -0.39 is 0 Å². The third-order valence-electron chi connectivity index (χ3n) is 2.48. The number of nitrogens with zero attached hydrogens (tertiary/aromatic N) is 1. The molecule has 0 spiro atoms. The van der Waals surface area contributed by atoms with Crippen molar-refractivity contribution in [3.05, 3.63) is 52.8 Å². The Morgan fingerprint density at radius 3 is 3.00 bits per heavy atom. The van der Waals surface area contributed by atoms with E-state index in [9.17, 15) is 4.39 Å². The molecule has 0 aliphatic heterocycles. The number of hydrogen-bond acceptors (Lipinski definition) is 3. The first-order chi connectivity index (χ1) is 8.20. The SMILES string of the molecule is NNC(Cc1cc(F)ccc1Cl)c1ncc[nH]1. The fraction of sp³-hybridized carbons (Fsp3) is 0.182. The van der Waals surface area contributed by atoms with Crippen LogP contribution in [0.25, 0.3) is 0 Å². The zero-order chi connectivity index (χ0) is 12.3. The molecule has 1 aromatic carbocycles. The van der Waals surface area contributed by atoms with Gasteiger partial charge in [-0.2, -0.15) is 0 Å². The van der Waals surface area contributed by atoms with Crippen LogP contribution in [0.1, 0.15) is 17.4 Å². The molecule has 4 N–H and O–H groups in total. The van der Waals surface area contributed by atoms with Crippen LogP contribution in [0.3, 0.4) is 0 Å². The Morgan fingerprint density at radius 2 is 2.35 bits per heavy atom. The lowest BCUT2D eigenvalue weighted by Crippen LogP contribution is -2.30. The van der Waals surface area contributed by atoms with Gasteiger partial charge in [0.2, 0.25) is 0 Å². The topological polar surface area (TPSA) is 66.7 Å². The van der Waals surface area contributed by atoms with Crippen molar-refractivity contribution in [1.82, 2.24) is 15.4 Å². The number of benzene rings is 1. The van der Waals surface area contributed by atoms with Gasteiger partial charge in [0.15, 0.2) is 0 Å². The Kier molecular flexibility index (Phi) is 3.73. The maximum atomic E-state index is 13.1. The largest absolute Gasteiger partial charge is 0.347 e. The molecule has 17 heavy (non-hydrogen) atoms. The van der Waals surface area contributed by atoms with Crippen LogP contribution in [0.2, 0.25) is 5.02 Å². The summed E-state index contributed by atoms with van der Waals surface area (Å²) in [6, 6.07) is 4.02. The van der Waals surface area contributed by atoms with E-state index in [1.807, 2.05) is 0 Å². The molecule has 0 bridgehead atoms. The number of hydrogen-bond donors (Lipinski definition) is 3. The van der Waals surface area contributed by atoms with E-state index in [-0.39, 0.29) is 11.9 Å². The molecular weight excluding hydrogens is 243 g/mol. The van der Waals surface area contributed by atoms with E-state index in [0.29, 0.717) is 22.8 Å². The van der Waals surface area contributed by atoms with Crippen LogP contribution in [0, 0.1) is 5.82 Å². The number of hydrazine groups is 1. The van der Waals surface area contributed by atoms with Gasteiger partial charge in [0.1, 0.15) is 11.6 Å². The molecule has 2 rings (SSSR count). The molecule has 2 aromatic rings. The maximum absolute atomic E-state index is 13.1. The van der Waals surface area contributed by atoms with Crippen molar-refractivity contribution >= 4 is 11.6 Å². The lowest BCUT2D eigenvalue weighted by Gasteiger charge is -2.14. The Hall–Kier alpha value is -1.43. The van der Waals surface area contributed by atoms with Crippen molar-refractivity contribution in [2.24, 2.45) is 5.84 Å². The van der Waals surface area contributed by atoms with Crippen LogP contribution in [-0.2, 0) is 6.42 Å². The zero-order valence-corrected chi connectivity index (χ0v) is 9.71. The zero-order valence-electron chi connectivity index (χ0n) is 8.95. The van der Waals surface area contributed by atoms with Gasteiger partial charge in [0, 0.05) is 17.4 Å². The normalized spacial score (nSPS) is 12.6. The van der Waals surface area contributed by atoms with Crippen LogP contribution in [-0.4, -0.2) is 9.97 Å². The number of H-pyrrole nitrogens is 1. The second kappa shape index (κ2) is 5.27. The van der Waals surface area contributed by atoms with Crippen LogP contribution in [0.4, 0.5) is 4.39 Å². The predicted octanol–water partition coefficient (Wildman–Crippen LogP) is 1.95. The van der Waals surface area contributed by atoms with Crippen molar-refractivity contribution in [3.63, 3.8) is 0 Å². The van der Waals surface area contributed by atoms with E-state index >= 15 is 0 Å². The summed E-state index contributed by atoms with van der Waals surface area (Å²) < 4.78 is 13.1. The monoisotopic (exact) mass is 254 g/mol. The molecule has 0 amide bonds. The summed E-state index contributed by atoms with van der Waals surface area (Å²) in [5, 5.41) is 0.512. The molecule has 0 aliphatic rings. The molecule has 0 aliphatic carbocycles. The predicted molar refractivity (Wildman–Crippen MR) is 63.8 cm³/mol. The average molecular weight is 255 g/mol. The highest BCUT2D eigenvalue weighted by Gasteiger charge is 2.15. The molecule has 1 unspecified atom stereocenters. The summed E-state index contributed by atoms with van der Waals surface area (Å²) in [6.45, 7) is 0. The summed E-state index contributed by atoms with van der Waals surface area (Å²) in [6.07, 6.45) is 3.79. The van der Waals surface area contributed by atoms with Gasteiger partial charge < -0.3 is 4.98 Å². The van der Waals surface area contributed by atoms with E-state index in [4.69, 9.17) is 17.4 Å². The minimum absolute atomic E-state index is 0.232. The highest BCUT2D eigenvalue weighted by atomic mass is 35.5. The van der Waals surface area contributed by atoms with Gasteiger partial charge in [0.25, 0.3) is 0 Å². The van der Waals surface area contributed by atoms with E-state index in [1.54, 1.807) is 12.4 Å². The van der Waals surface area contributed by atoms with Crippen molar-refractivity contribution in [3.8, 4) is 0 Å². The van der Waals surface area contributed by atoms with Gasteiger partial charge in [-0.05, 0) is 30.2 Å². The first-order valence-electron chi connectivity index (χ1n) is 5.10. The number of aromatic amines is 1. The van der Waals surface area contributed by atoms with Crippen molar-refractivity contribution in [2.75, 3.05) is 0 Å². The van der Waals surface area contributed by atoms with Gasteiger partial charge in [-0.25, -0.2) is 14.8 Å². The molecule has 6 heteroatoms. The Morgan fingerprint density at radius 1 is 1.53 bits per heavy atom. The number of halogens is 2. The van der Waals surface area contributed by atoms with Gasteiger partial charge in [0.05, 0.1) is 6.04 Å². The van der Waals surface area contributed by atoms with Gasteiger partial charge in [-0.1, -0.05) is 11.6 Å². The standard InChI is InChI=1S/C11H12ClFN4/c12-9-2-1-8(13)5-7(9)6-10(17-14)11-15-3-4-16-11/h1-5,10,17H,6,14H2,(H,15,16). The second-order valence-electron chi connectivity index (χ2n) is 3.63. The number of aromatic nitrogens is 2. The fourth-order valence-electron chi connectivity index (χ4n) is 1.62. The molecule has 0 saturated heterocycles. The molecule has 4 nitrogen and oxygen atoms in total. The number of nitrogens with one attached hydrogen (secondary N) is 2. The summed E-state index contributed by atoms with van der Waals surface area (Å²) >= 11 is 5.99. The van der Waals surface area contributed by atoms with E-state index in [0.717, 1.165) is 0 Å². The van der Waals surface area contributed by atoms with Crippen molar-refractivity contribution < 1.29 is 4.39 Å². The number of rotatable bonds is 4. The van der Waals surface area contributed by atoms with Crippen LogP contribution in [0.5, 0.6) is 0 Å².